The molecular weight excluding hydrogens is 312 g/mol. The number of rotatable bonds is 4. The van der Waals surface area contributed by atoms with Crippen molar-refractivity contribution in [3.05, 3.63) is 50.2 Å². The first-order chi connectivity index (χ1) is 8.95. The van der Waals surface area contributed by atoms with E-state index in [0.717, 1.165) is 16.9 Å². The first-order valence-corrected chi connectivity index (χ1v) is 6.43. The highest BCUT2D eigenvalue weighted by Crippen LogP contribution is 2.22. The van der Waals surface area contributed by atoms with Crippen molar-refractivity contribution in [1.29, 1.82) is 0 Å². The van der Waals surface area contributed by atoms with Crippen LogP contribution in [0.15, 0.2) is 28.9 Å². The number of non-ortho nitro benzene ring substituents is 1. The van der Waals surface area contributed by atoms with Crippen LogP contribution in [0.1, 0.15) is 11.3 Å². The summed E-state index contributed by atoms with van der Waals surface area (Å²) in [6.07, 6.45) is 1.88. The van der Waals surface area contributed by atoms with Gasteiger partial charge in [0.05, 0.1) is 16.3 Å². The molecule has 1 aromatic carbocycles. The molecule has 6 nitrogen and oxygen atoms in total. The topological polar surface area (TPSA) is 73.0 Å². The van der Waals surface area contributed by atoms with Crippen LogP contribution < -0.4 is 5.32 Å². The zero-order valence-electron chi connectivity index (χ0n) is 10.6. The van der Waals surface area contributed by atoms with Crippen molar-refractivity contribution < 1.29 is 4.92 Å². The molecule has 0 aliphatic heterocycles. The lowest BCUT2D eigenvalue weighted by molar-refractivity contribution is -0.385. The summed E-state index contributed by atoms with van der Waals surface area (Å²) in [6.45, 7) is 2.42. The Balaban J connectivity index is 2.15. The van der Waals surface area contributed by atoms with Gasteiger partial charge in [-0.2, -0.15) is 5.10 Å². The summed E-state index contributed by atoms with van der Waals surface area (Å²) in [6, 6.07) is 4.90. The summed E-state index contributed by atoms with van der Waals surface area (Å²) in [5.41, 5.74) is 2.73. The predicted molar refractivity (Wildman–Crippen MR) is 76.1 cm³/mol. The van der Waals surface area contributed by atoms with E-state index in [9.17, 15) is 10.1 Å². The van der Waals surface area contributed by atoms with E-state index in [1.807, 2.05) is 26.2 Å². The standard InChI is InChI=1S/C12H13BrN4O2/c1-8-12(7-16(2)15-8)14-6-9-3-10(13)5-11(4-9)17(18)19/h3-5,7,14H,6H2,1-2H3. The van der Waals surface area contributed by atoms with Crippen molar-refractivity contribution in [2.75, 3.05) is 5.32 Å². The fraction of sp³-hybridized carbons (Fsp3) is 0.250. The van der Waals surface area contributed by atoms with E-state index in [0.29, 0.717) is 11.0 Å². The summed E-state index contributed by atoms with van der Waals surface area (Å²) in [5, 5.41) is 18.2. The molecular formula is C12H13BrN4O2. The van der Waals surface area contributed by atoms with Crippen LogP contribution >= 0.6 is 15.9 Å². The summed E-state index contributed by atoms with van der Waals surface area (Å²) in [7, 11) is 1.85. The normalized spacial score (nSPS) is 10.5. The number of aryl methyl sites for hydroxylation is 2. The van der Waals surface area contributed by atoms with Gasteiger partial charge in [-0.15, -0.1) is 0 Å². The van der Waals surface area contributed by atoms with Crippen LogP contribution in [-0.2, 0) is 13.6 Å². The third kappa shape index (κ3) is 3.31. The van der Waals surface area contributed by atoms with E-state index < -0.39 is 4.92 Å². The summed E-state index contributed by atoms with van der Waals surface area (Å²) in [4.78, 5) is 10.4. The van der Waals surface area contributed by atoms with Gasteiger partial charge < -0.3 is 5.32 Å². The van der Waals surface area contributed by atoms with Crippen LogP contribution in [0.3, 0.4) is 0 Å². The second kappa shape index (κ2) is 5.40. The Morgan fingerprint density at radius 2 is 2.21 bits per heavy atom. The number of nitro groups is 1. The van der Waals surface area contributed by atoms with Gasteiger partial charge in [0.2, 0.25) is 0 Å². The Labute approximate surface area is 118 Å². The average molecular weight is 325 g/mol. The molecule has 100 valence electrons. The average Bonchev–Trinajstić information content (AvgIpc) is 2.64. The zero-order valence-corrected chi connectivity index (χ0v) is 12.1. The molecule has 2 rings (SSSR count). The van der Waals surface area contributed by atoms with E-state index >= 15 is 0 Å². The maximum atomic E-state index is 10.8. The van der Waals surface area contributed by atoms with E-state index in [1.54, 1.807) is 10.7 Å². The van der Waals surface area contributed by atoms with Gasteiger partial charge in [0.25, 0.3) is 5.69 Å². The number of hydrogen-bond acceptors (Lipinski definition) is 4. The Hall–Kier alpha value is -1.89. The van der Waals surface area contributed by atoms with Crippen LogP contribution in [0.25, 0.3) is 0 Å². The molecule has 7 heteroatoms. The molecule has 0 unspecified atom stereocenters. The molecule has 0 spiro atoms. The molecule has 0 saturated carbocycles. The lowest BCUT2D eigenvalue weighted by atomic mass is 10.2. The first kappa shape index (κ1) is 13.5. The Kier molecular flexibility index (Phi) is 3.84. The second-order valence-electron chi connectivity index (χ2n) is 4.23. The number of nitrogens with one attached hydrogen (secondary N) is 1. The highest BCUT2D eigenvalue weighted by molar-refractivity contribution is 9.10. The number of halogens is 1. The van der Waals surface area contributed by atoms with Gasteiger partial charge in [-0.1, -0.05) is 15.9 Å². The predicted octanol–water partition coefficient (Wildman–Crippen LogP) is 3.01. The molecule has 1 heterocycles. The molecule has 0 fully saturated rings. The van der Waals surface area contributed by atoms with Gasteiger partial charge in [-0.05, 0) is 18.6 Å². The van der Waals surface area contributed by atoms with Gasteiger partial charge in [-0.3, -0.25) is 14.8 Å². The van der Waals surface area contributed by atoms with Crippen molar-refractivity contribution in [3.8, 4) is 0 Å². The molecule has 0 radical (unpaired) electrons. The fourth-order valence-corrected chi connectivity index (χ4v) is 2.34. The molecule has 0 aliphatic rings. The van der Waals surface area contributed by atoms with Crippen LogP contribution in [0, 0.1) is 17.0 Å². The third-order valence-corrected chi connectivity index (χ3v) is 3.11. The molecule has 2 aromatic rings. The number of nitro benzene ring substituents is 1. The molecule has 0 bridgehead atoms. The smallest absolute Gasteiger partial charge is 0.270 e. The van der Waals surface area contributed by atoms with E-state index in [-0.39, 0.29) is 5.69 Å². The van der Waals surface area contributed by atoms with E-state index in [1.165, 1.54) is 6.07 Å². The monoisotopic (exact) mass is 324 g/mol. The van der Waals surface area contributed by atoms with Crippen LogP contribution in [0.5, 0.6) is 0 Å². The third-order valence-electron chi connectivity index (χ3n) is 2.65. The second-order valence-corrected chi connectivity index (χ2v) is 5.15. The van der Waals surface area contributed by atoms with Gasteiger partial charge in [0.15, 0.2) is 0 Å². The lowest BCUT2D eigenvalue weighted by Crippen LogP contribution is -2.00. The van der Waals surface area contributed by atoms with Gasteiger partial charge in [-0.25, -0.2) is 0 Å². The lowest BCUT2D eigenvalue weighted by Gasteiger charge is -2.05. The number of hydrogen-bond donors (Lipinski definition) is 1. The molecule has 0 aliphatic carbocycles. The van der Waals surface area contributed by atoms with Crippen molar-refractivity contribution in [2.45, 2.75) is 13.5 Å². The van der Waals surface area contributed by atoms with Gasteiger partial charge in [0.1, 0.15) is 0 Å². The quantitative estimate of drug-likeness (QED) is 0.693. The largest absolute Gasteiger partial charge is 0.378 e. The minimum atomic E-state index is -0.399. The number of nitrogens with zero attached hydrogens (tertiary/aromatic N) is 3. The maximum absolute atomic E-state index is 10.8. The SMILES string of the molecule is Cc1nn(C)cc1NCc1cc(Br)cc([N+](=O)[O-])c1. The summed E-state index contributed by atoms with van der Waals surface area (Å²) in [5.74, 6) is 0. The highest BCUT2D eigenvalue weighted by atomic mass is 79.9. The van der Waals surface area contributed by atoms with Crippen molar-refractivity contribution >= 4 is 27.3 Å². The summed E-state index contributed by atoms with van der Waals surface area (Å²) >= 11 is 3.28. The van der Waals surface area contributed by atoms with Crippen LogP contribution in [-0.4, -0.2) is 14.7 Å². The molecule has 0 amide bonds. The molecule has 0 atom stereocenters. The Morgan fingerprint density at radius 3 is 2.79 bits per heavy atom. The summed E-state index contributed by atoms with van der Waals surface area (Å²) < 4.78 is 2.42. The molecule has 1 N–H and O–H groups in total. The van der Waals surface area contributed by atoms with Crippen molar-refractivity contribution in [3.63, 3.8) is 0 Å². The zero-order chi connectivity index (χ0) is 14.0. The highest BCUT2D eigenvalue weighted by Gasteiger charge is 2.09. The number of benzene rings is 1. The first-order valence-electron chi connectivity index (χ1n) is 5.63. The minimum absolute atomic E-state index is 0.0779. The van der Waals surface area contributed by atoms with E-state index in [2.05, 4.69) is 26.3 Å². The van der Waals surface area contributed by atoms with Crippen LogP contribution in [0.2, 0.25) is 0 Å². The van der Waals surface area contributed by atoms with Crippen molar-refractivity contribution in [1.82, 2.24) is 9.78 Å². The maximum Gasteiger partial charge on any atom is 0.270 e. The number of aromatic nitrogens is 2. The van der Waals surface area contributed by atoms with Gasteiger partial charge in [0, 0.05) is 36.4 Å². The Bertz CT molecular complexity index is 624. The minimum Gasteiger partial charge on any atom is -0.378 e. The molecule has 1 aromatic heterocycles. The molecule has 0 saturated heterocycles. The number of anilines is 1. The van der Waals surface area contributed by atoms with Gasteiger partial charge >= 0.3 is 0 Å². The molecule has 19 heavy (non-hydrogen) atoms. The van der Waals surface area contributed by atoms with Crippen LogP contribution in [0.4, 0.5) is 11.4 Å². The van der Waals surface area contributed by atoms with Crippen molar-refractivity contribution in [2.24, 2.45) is 7.05 Å². The van der Waals surface area contributed by atoms with E-state index in [4.69, 9.17) is 0 Å². The Morgan fingerprint density at radius 1 is 1.47 bits per heavy atom. The fourth-order valence-electron chi connectivity index (χ4n) is 1.81.